The summed E-state index contributed by atoms with van der Waals surface area (Å²) < 4.78 is 7.57. The molecular weight excluding hydrogens is 380 g/mol. The molecule has 4 aromatic heterocycles. The van der Waals surface area contributed by atoms with Crippen LogP contribution in [0.3, 0.4) is 0 Å². The smallest absolute Gasteiger partial charge is 0.332 e. The van der Waals surface area contributed by atoms with Crippen LogP contribution >= 0.6 is 11.3 Å². The summed E-state index contributed by atoms with van der Waals surface area (Å²) in [7, 11) is 0. The molecule has 4 rings (SSSR count). The fourth-order valence-electron chi connectivity index (χ4n) is 2.89. The van der Waals surface area contributed by atoms with Gasteiger partial charge < -0.3 is 9.73 Å². The molecule has 0 bridgehead atoms. The Balaban J connectivity index is 1.71. The second-order valence-electron chi connectivity index (χ2n) is 6.07. The number of rotatable bonds is 6. The van der Waals surface area contributed by atoms with Gasteiger partial charge in [0.15, 0.2) is 5.52 Å². The van der Waals surface area contributed by atoms with Gasteiger partial charge in [0.2, 0.25) is 5.91 Å². The van der Waals surface area contributed by atoms with Crippen molar-refractivity contribution in [3.8, 4) is 0 Å². The molecule has 0 aliphatic carbocycles. The maximum Gasteiger partial charge on any atom is 0.332 e. The van der Waals surface area contributed by atoms with Crippen LogP contribution in [0.5, 0.6) is 0 Å². The molecule has 0 atom stereocenters. The van der Waals surface area contributed by atoms with Crippen LogP contribution < -0.4 is 16.6 Å². The van der Waals surface area contributed by atoms with Gasteiger partial charge in [-0.3, -0.25) is 18.7 Å². The van der Waals surface area contributed by atoms with Crippen LogP contribution in [-0.2, 0) is 24.4 Å². The summed E-state index contributed by atoms with van der Waals surface area (Å²) in [6.07, 6.45) is 3.01. The molecule has 0 unspecified atom stereocenters. The van der Waals surface area contributed by atoms with Gasteiger partial charge in [0.25, 0.3) is 5.56 Å². The van der Waals surface area contributed by atoms with Crippen molar-refractivity contribution in [3.05, 3.63) is 85.7 Å². The summed E-state index contributed by atoms with van der Waals surface area (Å²) in [6, 6.07) is 10.4. The minimum atomic E-state index is -0.549. The molecule has 0 aliphatic rings. The molecule has 8 nitrogen and oxygen atoms in total. The van der Waals surface area contributed by atoms with E-state index in [4.69, 9.17) is 4.42 Å². The second-order valence-corrected chi connectivity index (χ2v) is 7.10. The lowest BCUT2D eigenvalue weighted by Gasteiger charge is -2.13. The van der Waals surface area contributed by atoms with Crippen molar-refractivity contribution < 1.29 is 9.21 Å². The number of furan rings is 1. The number of amides is 1. The number of hydrogen-bond acceptors (Lipinski definition) is 6. The molecule has 1 amide bonds. The van der Waals surface area contributed by atoms with Gasteiger partial charge in [-0.1, -0.05) is 6.07 Å². The molecule has 9 heteroatoms. The number of hydrogen-bond donors (Lipinski definition) is 1. The number of thiophene rings is 1. The Morgan fingerprint density at radius 3 is 2.79 bits per heavy atom. The fraction of sp³-hybridized carbons (Fsp3) is 0.158. The number of fused-ring (bicyclic) bond motifs is 1. The van der Waals surface area contributed by atoms with Gasteiger partial charge in [0.1, 0.15) is 12.3 Å². The quantitative estimate of drug-likeness (QED) is 0.533. The van der Waals surface area contributed by atoms with E-state index in [1.807, 2.05) is 17.5 Å². The van der Waals surface area contributed by atoms with E-state index in [9.17, 15) is 14.4 Å². The zero-order valence-electron chi connectivity index (χ0n) is 14.7. The van der Waals surface area contributed by atoms with Crippen molar-refractivity contribution in [2.24, 2.45) is 0 Å². The maximum absolute atomic E-state index is 13.0. The summed E-state index contributed by atoms with van der Waals surface area (Å²) >= 11 is 1.45. The molecule has 1 N–H and O–H groups in total. The van der Waals surface area contributed by atoms with Crippen LogP contribution in [0.25, 0.3) is 11.0 Å². The van der Waals surface area contributed by atoms with Gasteiger partial charge in [0, 0.05) is 11.1 Å². The van der Waals surface area contributed by atoms with E-state index < -0.39 is 11.2 Å². The predicted octanol–water partition coefficient (Wildman–Crippen LogP) is 1.58. The second kappa shape index (κ2) is 7.65. The van der Waals surface area contributed by atoms with Crippen LogP contribution in [0.15, 0.2) is 68.2 Å². The van der Waals surface area contributed by atoms with Gasteiger partial charge in [-0.25, -0.2) is 9.78 Å². The number of carbonyl (C=O) groups is 1. The average molecular weight is 396 g/mol. The number of pyridine rings is 1. The number of carbonyl (C=O) groups excluding carboxylic acids is 1. The molecular formula is C19H16N4O4S. The molecule has 0 aromatic carbocycles. The van der Waals surface area contributed by atoms with Crippen molar-refractivity contribution >= 4 is 28.3 Å². The summed E-state index contributed by atoms with van der Waals surface area (Å²) in [5.74, 6) is 0.236. The highest BCUT2D eigenvalue weighted by Crippen LogP contribution is 2.10. The average Bonchev–Trinajstić information content (AvgIpc) is 3.41. The number of nitrogens with one attached hydrogen (secondary N) is 1. The topological polar surface area (TPSA) is 99.1 Å². The Hall–Kier alpha value is -3.46. The van der Waals surface area contributed by atoms with E-state index in [0.29, 0.717) is 11.3 Å². The van der Waals surface area contributed by atoms with Crippen molar-refractivity contribution in [2.45, 2.75) is 19.6 Å². The van der Waals surface area contributed by atoms with Crippen LogP contribution in [0.2, 0.25) is 0 Å². The fourth-order valence-corrected chi connectivity index (χ4v) is 3.58. The van der Waals surface area contributed by atoms with E-state index in [-0.39, 0.29) is 31.1 Å². The van der Waals surface area contributed by atoms with E-state index >= 15 is 0 Å². The largest absolute Gasteiger partial charge is 0.467 e. The lowest BCUT2D eigenvalue weighted by molar-refractivity contribution is -0.121. The van der Waals surface area contributed by atoms with E-state index in [2.05, 4.69) is 10.3 Å². The Morgan fingerprint density at radius 2 is 2.04 bits per heavy atom. The van der Waals surface area contributed by atoms with Crippen molar-refractivity contribution in [1.29, 1.82) is 0 Å². The zero-order valence-corrected chi connectivity index (χ0v) is 15.5. The number of aromatic nitrogens is 3. The Morgan fingerprint density at radius 1 is 1.14 bits per heavy atom. The van der Waals surface area contributed by atoms with Gasteiger partial charge in [0.05, 0.1) is 24.9 Å². The van der Waals surface area contributed by atoms with Crippen LogP contribution in [0.1, 0.15) is 10.6 Å². The first-order chi connectivity index (χ1) is 13.6. The zero-order chi connectivity index (χ0) is 19.5. The molecule has 142 valence electrons. The Bertz CT molecular complexity index is 1220. The van der Waals surface area contributed by atoms with Gasteiger partial charge in [-0.15, -0.1) is 11.3 Å². The first kappa shape index (κ1) is 17.9. The van der Waals surface area contributed by atoms with Crippen molar-refractivity contribution in [1.82, 2.24) is 19.4 Å². The lowest BCUT2D eigenvalue weighted by atomic mass is 10.3. The highest BCUT2D eigenvalue weighted by Gasteiger charge is 2.16. The monoisotopic (exact) mass is 396 g/mol. The maximum atomic E-state index is 13.0. The molecule has 0 saturated carbocycles. The highest BCUT2D eigenvalue weighted by atomic mass is 32.1. The molecule has 0 fully saturated rings. The van der Waals surface area contributed by atoms with E-state index in [0.717, 1.165) is 9.44 Å². The van der Waals surface area contributed by atoms with Gasteiger partial charge in [-0.2, -0.15) is 0 Å². The summed E-state index contributed by atoms with van der Waals surface area (Å²) in [6.45, 7) is 0.119. The Kier molecular flexibility index (Phi) is 4.90. The molecule has 28 heavy (non-hydrogen) atoms. The standard InChI is InChI=1S/C19H16N4O4S/c24-16(21-10-13-4-2-8-27-13)12-22-15-6-1-7-20-17(15)18(25)23(19(22)26)11-14-5-3-9-28-14/h1-9H,10-12H2,(H,21,24). The minimum Gasteiger partial charge on any atom is -0.467 e. The Labute approximate surface area is 162 Å². The molecule has 0 radical (unpaired) electrons. The summed E-state index contributed by atoms with van der Waals surface area (Å²) in [5, 5.41) is 4.58. The molecule has 4 aromatic rings. The first-order valence-corrected chi connectivity index (χ1v) is 9.41. The predicted molar refractivity (Wildman–Crippen MR) is 104 cm³/mol. The minimum absolute atomic E-state index is 0.135. The van der Waals surface area contributed by atoms with E-state index in [1.165, 1.54) is 28.4 Å². The molecule has 0 spiro atoms. The van der Waals surface area contributed by atoms with Crippen molar-refractivity contribution in [3.63, 3.8) is 0 Å². The van der Waals surface area contributed by atoms with E-state index in [1.54, 1.807) is 24.3 Å². The molecule has 0 aliphatic heterocycles. The summed E-state index contributed by atoms with van der Waals surface area (Å²) in [4.78, 5) is 43.2. The molecule has 4 heterocycles. The third kappa shape index (κ3) is 3.52. The van der Waals surface area contributed by atoms with Gasteiger partial charge >= 0.3 is 5.69 Å². The van der Waals surface area contributed by atoms with Crippen LogP contribution in [0.4, 0.5) is 0 Å². The third-order valence-electron chi connectivity index (χ3n) is 4.22. The SMILES string of the molecule is O=C(Cn1c(=O)n(Cc2cccs2)c(=O)c2ncccc21)NCc1ccco1. The normalized spacial score (nSPS) is 11.0. The first-order valence-electron chi connectivity index (χ1n) is 8.53. The van der Waals surface area contributed by atoms with Crippen molar-refractivity contribution in [2.75, 3.05) is 0 Å². The van der Waals surface area contributed by atoms with Crippen LogP contribution in [-0.4, -0.2) is 20.0 Å². The molecule has 0 saturated heterocycles. The van der Waals surface area contributed by atoms with Crippen LogP contribution in [0, 0.1) is 0 Å². The highest BCUT2D eigenvalue weighted by molar-refractivity contribution is 7.09. The lowest BCUT2D eigenvalue weighted by Crippen LogP contribution is -2.43. The third-order valence-corrected chi connectivity index (χ3v) is 5.08. The summed E-state index contributed by atoms with van der Waals surface area (Å²) in [5.41, 5.74) is -0.543. The van der Waals surface area contributed by atoms with Gasteiger partial charge in [-0.05, 0) is 35.7 Å². The number of nitrogens with zero attached hydrogens (tertiary/aromatic N) is 3.